The molecular formula is C63H108O12. The Morgan fingerprint density at radius 3 is 0.587 bits per heavy atom. The van der Waals surface area contributed by atoms with E-state index in [-0.39, 0.29) is 78.2 Å². The van der Waals surface area contributed by atoms with Gasteiger partial charge in [0.15, 0.2) is 16.2 Å². The zero-order chi connectivity index (χ0) is 55.6. The van der Waals surface area contributed by atoms with Crippen LogP contribution < -0.4 is 0 Å². The van der Waals surface area contributed by atoms with E-state index in [0.717, 1.165) is 77.0 Å². The van der Waals surface area contributed by atoms with Crippen LogP contribution in [0.2, 0.25) is 0 Å². The third-order valence-corrected chi connectivity index (χ3v) is 14.7. The predicted molar refractivity (Wildman–Crippen MR) is 300 cm³/mol. The van der Waals surface area contributed by atoms with Crippen LogP contribution in [0.3, 0.4) is 0 Å². The molecule has 432 valence electrons. The molecule has 0 amide bonds. The molecule has 0 atom stereocenters. The fraction of sp³-hybridized carbons (Fsp3) is 0.810. The van der Waals surface area contributed by atoms with Crippen LogP contribution in [-0.2, 0) is 76.5 Å². The van der Waals surface area contributed by atoms with Crippen molar-refractivity contribution >= 4 is 35.8 Å². The summed E-state index contributed by atoms with van der Waals surface area (Å²) in [5, 5.41) is 0. The standard InChI is InChI=1S/C63H108O12/c1-10-19-22-25-28-31-34-37-40-43-61(55(64)70-13-4,56(65)71-14-5)49-52-46-53(50-62(57(66)72-15-6,58(67)73-16-7)44-41-38-35-32-29-26-23-20-11-2)48-54(47-52)51-63(59(68)74-17-8,60(69)75-18-9)45-42-39-36-33-30-27-24-21-12-3/h46-48H,10-45,49-51H2,1-9H3. The molecule has 1 rings (SSSR count). The third-order valence-electron chi connectivity index (χ3n) is 14.7. The molecule has 0 fully saturated rings. The largest absolute Gasteiger partial charge is 0.465 e. The highest BCUT2D eigenvalue weighted by atomic mass is 16.6. The lowest BCUT2D eigenvalue weighted by molar-refractivity contribution is -0.174. The van der Waals surface area contributed by atoms with E-state index in [9.17, 15) is 28.8 Å². The summed E-state index contributed by atoms with van der Waals surface area (Å²) in [6.07, 6.45) is 28.1. The summed E-state index contributed by atoms with van der Waals surface area (Å²) in [7, 11) is 0. The number of rotatable bonds is 48. The molecule has 0 radical (unpaired) electrons. The van der Waals surface area contributed by atoms with Crippen LogP contribution in [0.25, 0.3) is 0 Å². The highest BCUT2D eigenvalue weighted by Crippen LogP contribution is 2.40. The molecule has 0 aromatic heterocycles. The molecule has 0 bridgehead atoms. The number of unbranched alkanes of at least 4 members (excludes halogenated alkanes) is 24. The SMILES string of the molecule is CCCCCCCCCCCC(Cc1cc(CC(CCCCCCCCCCC)(C(=O)OCC)C(=O)OCC)cc(CC(CCCCCCCCCCC)(C(=O)OCC)C(=O)OCC)c1)(C(=O)OCC)C(=O)OCC. The molecule has 0 spiro atoms. The first-order chi connectivity index (χ1) is 36.3. The topological polar surface area (TPSA) is 158 Å². The van der Waals surface area contributed by atoms with Gasteiger partial charge in [-0.3, -0.25) is 28.8 Å². The Kier molecular flexibility index (Phi) is 38.8. The Labute approximate surface area is 456 Å². The van der Waals surface area contributed by atoms with Gasteiger partial charge in [0.05, 0.1) is 39.6 Å². The number of carbonyl (C=O) groups excluding carboxylic acids is 6. The van der Waals surface area contributed by atoms with Gasteiger partial charge < -0.3 is 28.4 Å². The molecule has 0 saturated carbocycles. The van der Waals surface area contributed by atoms with Crippen molar-refractivity contribution in [2.45, 2.75) is 274 Å². The number of ether oxygens (including phenoxy) is 6. The van der Waals surface area contributed by atoms with Crippen LogP contribution >= 0.6 is 0 Å². The number of hydrogen-bond acceptors (Lipinski definition) is 12. The number of benzene rings is 1. The van der Waals surface area contributed by atoms with Crippen LogP contribution in [0, 0.1) is 16.2 Å². The first-order valence-corrected chi connectivity index (χ1v) is 30.5. The van der Waals surface area contributed by atoms with Crippen molar-refractivity contribution in [3.05, 3.63) is 34.9 Å². The molecule has 12 nitrogen and oxygen atoms in total. The van der Waals surface area contributed by atoms with Gasteiger partial charge in [-0.25, -0.2) is 0 Å². The van der Waals surface area contributed by atoms with E-state index in [4.69, 9.17) is 28.4 Å². The highest BCUT2D eigenvalue weighted by molar-refractivity contribution is 6.02. The molecule has 75 heavy (non-hydrogen) atoms. The maximum absolute atomic E-state index is 14.5. The quantitative estimate of drug-likeness (QED) is 0.0264. The Hall–Kier alpha value is -3.96. The number of hydrogen-bond donors (Lipinski definition) is 0. The smallest absolute Gasteiger partial charge is 0.323 e. The molecule has 12 heteroatoms. The van der Waals surface area contributed by atoms with Crippen molar-refractivity contribution in [3.8, 4) is 0 Å². The summed E-state index contributed by atoms with van der Waals surface area (Å²) in [4.78, 5) is 86.8. The van der Waals surface area contributed by atoms with Crippen molar-refractivity contribution in [1.29, 1.82) is 0 Å². The normalized spacial score (nSPS) is 11.8. The van der Waals surface area contributed by atoms with E-state index in [0.29, 0.717) is 36.0 Å². The van der Waals surface area contributed by atoms with Crippen molar-refractivity contribution in [2.75, 3.05) is 39.6 Å². The summed E-state index contributed by atoms with van der Waals surface area (Å²) in [5.41, 5.74) is -3.66. The van der Waals surface area contributed by atoms with Crippen LogP contribution in [0.4, 0.5) is 0 Å². The fourth-order valence-corrected chi connectivity index (χ4v) is 10.6. The summed E-state index contributed by atoms with van der Waals surface area (Å²) in [6, 6.07) is 5.48. The number of carbonyl (C=O) groups is 6. The van der Waals surface area contributed by atoms with Crippen LogP contribution in [0.5, 0.6) is 0 Å². The van der Waals surface area contributed by atoms with Crippen LogP contribution in [0.15, 0.2) is 18.2 Å². The molecule has 1 aromatic carbocycles. The highest BCUT2D eigenvalue weighted by Gasteiger charge is 2.52. The molecule has 0 N–H and O–H groups in total. The zero-order valence-corrected chi connectivity index (χ0v) is 49.2. The van der Waals surface area contributed by atoms with Gasteiger partial charge in [0.1, 0.15) is 0 Å². The fourth-order valence-electron chi connectivity index (χ4n) is 10.6. The van der Waals surface area contributed by atoms with Crippen molar-refractivity contribution in [1.82, 2.24) is 0 Å². The summed E-state index contributed by atoms with van der Waals surface area (Å²) < 4.78 is 34.5. The average molecular weight is 1060 g/mol. The molecule has 1 aromatic rings. The maximum atomic E-state index is 14.5. The minimum Gasteiger partial charge on any atom is -0.465 e. The lowest BCUT2D eigenvalue weighted by atomic mass is 9.72. The summed E-state index contributed by atoms with van der Waals surface area (Å²) >= 11 is 0. The van der Waals surface area contributed by atoms with Crippen LogP contribution in [-0.4, -0.2) is 75.5 Å². The van der Waals surface area contributed by atoms with Gasteiger partial charge in [0, 0.05) is 0 Å². The predicted octanol–water partition coefficient (Wildman–Crippen LogP) is 15.4. The molecular weight excluding hydrogens is 949 g/mol. The monoisotopic (exact) mass is 1060 g/mol. The molecule has 0 saturated heterocycles. The van der Waals surface area contributed by atoms with Gasteiger partial charge in [-0.15, -0.1) is 0 Å². The van der Waals surface area contributed by atoms with Crippen molar-refractivity contribution in [3.63, 3.8) is 0 Å². The van der Waals surface area contributed by atoms with Gasteiger partial charge in [-0.1, -0.05) is 212 Å². The molecule has 0 aliphatic rings. The lowest BCUT2D eigenvalue weighted by Crippen LogP contribution is -2.45. The average Bonchev–Trinajstić information content (AvgIpc) is 3.38. The van der Waals surface area contributed by atoms with E-state index < -0.39 is 52.1 Å². The Balaban J connectivity index is 4.20. The van der Waals surface area contributed by atoms with Gasteiger partial charge >= 0.3 is 35.8 Å². The van der Waals surface area contributed by atoms with E-state index in [1.807, 2.05) is 18.2 Å². The Morgan fingerprint density at radius 1 is 0.267 bits per heavy atom. The summed E-state index contributed by atoms with van der Waals surface area (Å²) in [6.45, 7) is 17.1. The van der Waals surface area contributed by atoms with Crippen LogP contribution in [0.1, 0.15) is 272 Å². The zero-order valence-electron chi connectivity index (χ0n) is 49.2. The maximum Gasteiger partial charge on any atom is 0.323 e. The minimum atomic E-state index is -1.74. The first-order valence-electron chi connectivity index (χ1n) is 30.5. The Morgan fingerprint density at radius 2 is 0.427 bits per heavy atom. The second kappa shape index (κ2) is 42.1. The van der Waals surface area contributed by atoms with Gasteiger partial charge in [-0.05, 0) is 96.8 Å². The minimum absolute atomic E-state index is 0.0456. The molecule has 0 unspecified atom stereocenters. The van der Waals surface area contributed by atoms with E-state index in [1.54, 1.807) is 41.5 Å². The van der Waals surface area contributed by atoms with Gasteiger partial charge in [-0.2, -0.15) is 0 Å². The molecule has 0 aliphatic heterocycles. The summed E-state index contributed by atoms with van der Waals surface area (Å²) in [5.74, 6) is -4.14. The first kappa shape index (κ1) is 69.1. The van der Waals surface area contributed by atoms with Gasteiger partial charge in [0.25, 0.3) is 0 Å². The van der Waals surface area contributed by atoms with Gasteiger partial charge in [0.2, 0.25) is 0 Å². The Bertz CT molecular complexity index is 1460. The third kappa shape index (κ3) is 25.4. The molecule has 0 heterocycles. The van der Waals surface area contributed by atoms with E-state index in [1.165, 1.54) is 77.0 Å². The van der Waals surface area contributed by atoms with Crippen molar-refractivity contribution in [2.24, 2.45) is 16.2 Å². The van der Waals surface area contributed by atoms with Crippen molar-refractivity contribution < 1.29 is 57.2 Å². The second-order valence-electron chi connectivity index (χ2n) is 21.0. The van der Waals surface area contributed by atoms with E-state index >= 15 is 0 Å². The lowest BCUT2D eigenvalue weighted by Gasteiger charge is -2.32. The molecule has 0 aliphatic carbocycles. The number of esters is 6. The van der Waals surface area contributed by atoms with E-state index in [2.05, 4.69) is 20.8 Å². The second-order valence-corrected chi connectivity index (χ2v) is 21.0.